The van der Waals surface area contributed by atoms with Crippen molar-refractivity contribution in [1.29, 1.82) is 0 Å². The zero-order chi connectivity index (χ0) is 33.3. The van der Waals surface area contributed by atoms with E-state index >= 15 is 0 Å². The summed E-state index contributed by atoms with van der Waals surface area (Å²) < 4.78 is 0. The molecular weight excluding hydrogens is 599 g/mol. The van der Waals surface area contributed by atoms with Crippen LogP contribution in [0, 0.1) is 0 Å². The monoisotopic (exact) mass is 635 g/mol. The van der Waals surface area contributed by atoms with Crippen LogP contribution in [0.5, 0.6) is 0 Å². The lowest BCUT2D eigenvalue weighted by Crippen LogP contribution is -2.06. The molecule has 0 atom stereocenters. The van der Waals surface area contributed by atoms with Gasteiger partial charge >= 0.3 is 0 Å². The second-order valence-electron chi connectivity index (χ2n) is 11.9. The number of allylic oxidation sites excluding steroid dienone is 8. The molecule has 0 aliphatic heterocycles. The van der Waals surface area contributed by atoms with Crippen molar-refractivity contribution in [2.75, 3.05) is 0 Å². The molecule has 3 heterocycles. The number of hydrogen-bond acceptors (Lipinski definition) is 5. The minimum absolute atomic E-state index is 0.562. The SMILES string of the molecule is CC/C(=C\C=C/Cc1nc(C2=CCCC(c3ccccn3)=C2)nc(-c2cc(-c3ccccc3)cc(-c3ccccc3)c2)n1)c1ccccn1. The Balaban J connectivity index is 1.31. The van der Waals surface area contributed by atoms with Crippen molar-refractivity contribution < 1.29 is 0 Å². The lowest BCUT2D eigenvalue weighted by atomic mass is 9.95. The van der Waals surface area contributed by atoms with E-state index in [1.165, 1.54) is 11.1 Å². The molecule has 7 rings (SSSR count). The van der Waals surface area contributed by atoms with Crippen LogP contribution in [0.2, 0.25) is 0 Å². The number of pyridine rings is 2. The minimum atomic E-state index is 0.562. The summed E-state index contributed by atoms with van der Waals surface area (Å²) in [5.74, 6) is 2.04. The summed E-state index contributed by atoms with van der Waals surface area (Å²) in [5.41, 5.74) is 10.8. The number of hydrogen-bond donors (Lipinski definition) is 0. The number of rotatable bonds is 10. The number of benzene rings is 3. The molecule has 5 nitrogen and oxygen atoms in total. The van der Waals surface area contributed by atoms with E-state index in [0.29, 0.717) is 23.9 Å². The van der Waals surface area contributed by atoms with E-state index in [-0.39, 0.29) is 0 Å². The van der Waals surface area contributed by atoms with Gasteiger partial charge in [-0.15, -0.1) is 0 Å². The molecule has 5 heteroatoms. The minimum Gasteiger partial charge on any atom is -0.257 e. The highest BCUT2D eigenvalue weighted by atomic mass is 15.0. The molecule has 0 unspecified atom stereocenters. The zero-order valence-electron chi connectivity index (χ0n) is 27.6. The summed E-state index contributed by atoms with van der Waals surface area (Å²) in [6.07, 6.45) is 17.7. The maximum Gasteiger partial charge on any atom is 0.163 e. The molecule has 0 N–H and O–H groups in total. The molecule has 49 heavy (non-hydrogen) atoms. The van der Waals surface area contributed by atoms with Crippen LogP contribution in [-0.2, 0) is 6.42 Å². The average molecular weight is 636 g/mol. The Labute approximate surface area is 288 Å². The van der Waals surface area contributed by atoms with E-state index < -0.39 is 0 Å². The summed E-state index contributed by atoms with van der Waals surface area (Å²) >= 11 is 0. The third kappa shape index (κ3) is 7.74. The van der Waals surface area contributed by atoms with E-state index in [1.807, 2.05) is 54.9 Å². The van der Waals surface area contributed by atoms with Gasteiger partial charge in [0.1, 0.15) is 5.82 Å². The summed E-state index contributed by atoms with van der Waals surface area (Å²) in [4.78, 5) is 24.4. The lowest BCUT2D eigenvalue weighted by molar-refractivity contribution is 0.919. The molecule has 0 saturated carbocycles. The highest BCUT2D eigenvalue weighted by molar-refractivity contribution is 5.84. The first-order valence-corrected chi connectivity index (χ1v) is 16.8. The molecule has 0 radical (unpaired) electrons. The maximum atomic E-state index is 5.13. The predicted octanol–water partition coefficient (Wildman–Crippen LogP) is 10.5. The van der Waals surface area contributed by atoms with Gasteiger partial charge in [0.15, 0.2) is 11.6 Å². The van der Waals surface area contributed by atoms with E-state index in [0.717, 1.165) is 64.0 Å². The van der Waals surface area contributed by atoms with Crippen molar-refractivity contribution in [2.24, 2.45) is 0 Å². The van der Waals surface area contributed by atoms with Gasteiger partial charge in [-0.1, -0.05) is 104 Å². The van der Waals surface area contributed by atoms with Crippen LogP contribution < -0.4 is 0 Å². The van der Waals surface area contributed by atoms with Gasteiger partial charge in [-0.25, -0.2) is 15.0 Å². The fourth-order valence-corrected chi connectivity index (χ4v) is 6.03. The van der Waals surface area contributed by atoms with Crippen molar-refractivity contribution >= 4 is 16.7 Å². The Hall–Kier alpha value is -6.07. The average Bonchev–Trinajstić information content (AvgIpc) is 3.19. The predicted molar refractivity (Wildman–Crippen MR) is 201 cm³/mol. The van der Waals surface area contributed by atoms with E-state index in [9.17, 15) is 0 Å². The third-order valence-corrected chi connectivity index (χ3v) is 8.56. The van der Waals surface area contributed by atoms with Crippen molar-refractivity contribution in [3.63, 3.8) is 0 Å². The number of nitrogens with zero attached hydrogens (tertiary/aromatic N) is 5. The van der Waals surface area contributed by atoms with Gasteiger partial charge in [-0.05, 0) is 101 Å². The quantitative estimate of drug-likeness (QED) is 0.140. The molecule has 3 aromatic heterocycles. The summed E-state index contributed by atoms with van der Waals surface area (Å²) in [6.45, 7) is 2.15. The fourth-order valence-electron chi connectivity index (χ4n) is 6.03. The summed E-state index contributed by atoms with van der Waals surface area (Å²) in [6, 6.07) is 39.6. The van der Waals surface area contributed by atoms with Crippen molar-refractivity contribution in [3.05, 3.63) is 181 Å². The maximum absolute atomic E-state index is 5.13. The van der Waals surface area contributed by atoms with Crippen LogP contribution in [0.1, 0.15) is 49.2 Å². The van der Waals surface area contributed by atoms with Gasteiger partial charge in [-0.3, -0.25) is 9.97 Å². The Kier molecular flexibility index (Phi) is 9.79. The first kappa shape index (κ1) is 31.5. The number of aromatic nitrogens is 5. The molecular formula is C44H37N5. The Bertz CT molecular complexity index is 2090. The van der Waals surface area contributed by atoms with Gasteiger partial charge in [-0.2, -0.15) is 0 Å². The van der Waals surface area contributed by atoms with Gasteiger partial charge in [0.25, 0.3) is 0 Å². The second kappa shape index (κ2) is 15.2. The summed E-state index contributed by atoms with van der Waals surface area (Å²) in [7, 11) is 0. The summed E-state index contributed by atoms with van der Waals surface area (Å²) in [5, 5.41) is 0. The first-order chi connectivity index (χ1) is 24.2. The van der Waals surface area contributed by atoms with Crippen LogP contribution >= 0.6 is 0 Å². The van der Waals surface area contributed by atoms with Gasteiger partial charge in [0.05, 0.1) is 11.4 Å². The first-order valence-electron chi connectivity index (χ1n) is 16.8. The normalized spacial score (nSPS) is 13.3. The van der Waals surface area contributed by atoms with Crippen LogP contribution in [-0.4, -0.2) is 24.9 Å². The van der Waals surface area contributed by atoms with Gasteiger partial charge in [0.2, 0.25) is 0 Å². The molecule has 238 valence electrons. The molecule has 1 aliphatic carbocycles. The Morgan fingerprint density at radius 1 is 0.653 bits per heavy atom. The third-order valence-electron chi connectivity index (χ3n) is 8.56. The molecule has 0 spiro atoms. The van der Waals surface area contributed by atoms with Crippen molar-refractivity contribution in [3.8, 4) is 33.6 Å². The van der Waals surface area contributed by atoms with Crippen LogP contribution in [0.4, 0.5) is 0 Å². The molecule has 6 aromatic rings. The molecule has 3 aromatic carbocycles. The van der Waals surface area contributed by atoms with Crippen LogP contribution in [0.3, 0.4) is 0 Å². The Morgan fingerprint density at radius 3 is 1.96 bits per heavy atom. The standard InChI is InChI=1S/C44H37N5/c1-2-32(40-23-11-13-26-45-40)16-9-10-25-42-47-43(36-22-15-21-35(28-36)41-24-12-14-27-46-41)49-44(48-42)39-30-37(33-17-5-3-6-18-33)29-38(31-39)34-19-7-4-8-20-34/h3-14,16-20,22-24,26-31H,2,15,21,25H2,1H3/b10-9-,32-16+. The highest BCUT2D eigenvalue weighted by Gasteiger charge is 2.17. The molecule has 1 aliphatic rings. The topological polar surface area (TPSA) is 64.5 Å². The van der Waals surface area contributed by atoms with Crippen LogP contribution in [0.15, 0.2) is 158 Å². The van der Waals surface area contributed by atoms with E-state index in [4.69, 9.17) is 15.0 Å². The van der Waals surface area contributed by atoms with Crippen LogP contribution in [0.25, 0.3) is 50.4 Å². The molecule has 0 bridgehead atoms. The smallest absolute Gasteiger partial charge is 0.163 e. The van der Waals surface area contributed by atoms with Crippen molar-refractivity contribution in [1.82, 2.24) is 24.9 Å². The second-order valence-corrected chi connectivity index (χ2v) is 11.9. The molecule has 0 amide bonds. The largest absolute Gasteiger partial charge is 0.257 e. The Morgan fingerprint density at radius 2 is 1.31 bits per heavy atom. The van der Waals surface area contributed by atoms with Gasteiger partial charge in [0, 0.05) is 30.0 Å². The van der Waals surface area contributed by atoms with Gasteiger partial charge < -0.3 is 0 Å². The fraction of sp³-hybridized carbons (Fsp3) is 0.114. The molecule has 0 saturated heterocycles. The van der Waals surface area contributed by atoms with Crippen molar-refractivity contribution in [2.45, 2.75) is 32.6 Å². The van der Waals surface area contributed by atoms with E-state index in [1.54, 1.807) is 0 Å². The highest BCUT2D eigenvalue weighted by Crippen LogP contribution is 2.33. The molecule has 0 fully saturated rings. The van der Waals surface area contributed by atoms with E-state index in [2.05, 4.69) is 120 Å². The zero-order valence-corrected chi connectivity index (χ0v) is 27.6. The lowest BCUT2D eigenvalue weighted by Gasteiger charge is -2.15.